The lowest BCUT2D eigenvalue weighted by molar-refractivity contribution is -0.137. The molecule has 8 heteroatoms. The lowest BCUT2D eigenvalue weighted by Gasteiger charge is -2.33. The van der Waals surface area contributed by atoms with Gasteiger partial charge in [0.2, 0.25) is 11.8 Å². The first-order valence-corrected chi connectivity index (χ1v) is 9.68. The molecule has 0 aliphatic carbocycles. The molecule has 0 saturated heterocycles. The Labute approximate surface area is 173 Å². The van der Waals surface area contributed by atoms with E-state index in [1.807, 2.05) is 18.2 Å². The number of nitrogens with one attached hydrogen (secondary N) is 1. The summed E-state index contributed by atoms with van der Waals surface area (Å²) in [7, 11) is 1.61. The van der Waals surface area contributed by atoms with Crippen molar-refractivity contribution in [3.05, 3.63) is 65.2 Å². The Balaban J connectivity index is 1.60. The normalized spacial score (nSPS) is 14.9. The molecule has 0 spiro atoms. The zero-order chi connectivity index (χ0) is 21.9. The van der Waals surface area contributed by atoms with E-state index in [0.29, 0.717) is 13.1 Å². The number of alkyl halides is 3. The van der Waals surface area contributed by atoms with Crippen LogP contribution in [-0.2, 0) is 28.7 Å². The van der Waals surface area contributed by atoms with Crippen LogP contribution in [0.25, 0.3) is 0 Å². The van der Waals surface area contributed by atoms with E-state index in [4.69, 9.17) is 0 Å². The molecule has 2 aromatic rings. The van der Waals surface area contributed by atoms with Crippen LogP contribution in [0.3, 0.4) is 0 Å². The van der Waals surface area contributed by atoms with Gasteiger partial charge in [-0.3, -0.25) is 14.5 Å². The Bertz CT molecular complexity index is 930. The minimum absolute atomic E-state index is 0.115. The standard InChI is InChI=1S/C22H24F3N3O2/c1-15(21(30)28-12-11-16-7-3-4-8-17(16)13-28)27(2)14-20(29)26-19-10-6-5-9-18(19)22(23,24)25/h3-10,15H,11-14H2,1-2H3,(H,26,29)/t15-/m0/s1. The molecule has 3 rings (SSSR count). The summed E-state index contributed by atoms with van der Waals surface area (Å²) >= 11 is 0. The molecule has 2 aromatic carbocycles. The Hall–Kier alpha value is -2.87. The van der Waals surface area contributed by atoms with Crippen molar-refractivity contribution in [3.63, 3.8) is 0 Å². The second-order valence-electron chi connectivity index (χ2n) is 7.46. The molecule has 2 amide bonds. The van der Waals surface area contributed by atoms with Crippen LogP contribution >= 0.6 is 0 Å². The van der Waals surface area contributed by atoms with Crippen molar-refractivity contribution in [1.29, 1.82) is 0 Å². The van der Waals surface area contributed by atoms with E-state index in [1.165, 1.54) is 28.7 Å². The Morgan fingerprint density at radius 3 is 2.43 bits per heavy atom. The number of carbonyl (C=O) groups is 2. The molecule has 0 unspecified atom stereocenters. The number of halogens is 3. The Morgan fingerprint density at radius 2 is 1.73 bits per heavy atom. The summed E-state index contributed by atoms with van der Waals surface area (Å²) in [4.78, 5) is 28.5. The lowest BCUT2D eigenvalue weighted by Crippen LogP contribution is -2.49. The number of benzene rings is 2. The summed E-state index contributed by atoms with van der Waals surface area (Å²) in [5, 5.41) is 2.31. The molecule has 1 aliphatic rings. The lowest BCUT2D eigenvalue weighted by atomic mass is 9.99. The highest BCUT2D eigenvalue weighted by atomic mass is 19.4. The first-order valence-electron chi connectivity index (χ1n) is 9.68. The maximum atomic E-state index is 13.1. The van der Waals surface area contributed by atoms with Crippen LogP contribution in [0, 0.1) is 0 Å². The third kappa shape index (κ3) is 4.99. The van der Waals surface area contributed by atoms with E-state index in [2.05, 4.69) is 11.4 Å². The summed E-state index contributed by atoms with van der Waals surface area (Å²) in [5.74, 6) is -0.728. The second-order valence-corrected chi connectivity index (χ2v) is 7.46. The summed E-state index contributed by atoms with van der Waals surface area (Å²) in [5.41, 5.74) is 1.13. The van der Waals surface area contributed by atoms with Crippen molar-refractivity contribution in [1.82, 2.24) is 9.80 Å². The molecule has 0 aromatic heterocycles. The highest BCUT2D eigenvalue weighted by molar-refractivity contribution is 5.93. The number of likely N-dealkylation sites (N-methyl/N-ethyl adjacent to an activating group) is 1. The van der Waals surface area contributed by atoms with Gasteiger partial charge in [0.05, 0.1) is 23.8 Å². The van der Waals surface area contributed by atoms with Gasteiger partial charge in [0.1, 0.15) is 0 Å². The minimum Gasteiger partial charge on any atom is -0.337 e. The first kappa shape index (κ1) is 21.8. The minimum atomic E-state index is -4.57. The van der Waals surface area contributed by atoms with Gasteiger partial charge in [-0.05, 0) is 43.7 Å². The van der Waals surface area contributed by atoms with Crippen LogP contribution in [0.2, 0.25) is 0 Å². The fourth-order valence-corrected chi connectivity index (χ4v) is 3.53. The maximum absolute atomic E-state index is 13.1. The molecule has 1 N–H and O–H groups in total. The number of amides is 2. The number of fused-ring (bicyclic) bond motifs is 1. The van der Waals surface area contributed by atoms with Crippen molar-refractivity contribution >= 4 is 17.5 Å². The topological polar surface area (TPSA) is 52.7 Å². The van der Waals surface area contributed by atoms with E-state index in [1.54, 1.807) is 18.9 Å². The van der Waals surface area contributed by atoms with Crippen LogP contribution in [-0.4, -0.2) is 47.8 Å². The van der Waals surface area contributed by atoms with Crippen molar-refractivity contribution in [2.45, 2.75) is 32.1 Å². The SMILES string of the molecule is C[C@@H](C(=O)N1CCc2ccccc2C1)N(C)CC(=O)Nc1ccccc1C(F)(F)F. The molecule has 1 aliphatic heterocycles. The average Bonchev–Trinajstić information content (AvgIpc) is 2.71. The molecule has 0 saturated carbocycles. The van der Waals surface area contributed by atoms with E-state index in [9.17, 15) is 22.8 Å². The van der Waals surface area contributed by atoms with Gasteiger partial charge >= 0.3 is 6.18 Å². The molecule has 160 valence electrons. The summed E-state index contributed by atoms with van der Waals surface area (Å²) in [6.07, 6.45) is -3.79. The first-order chi connectivity index (χ1) is 14.2. The largest absolute Gasteiger partial charge is 0.418 e. The highest BCUT2D eigenvalue weighted by Gasteiger charge is 2.34. The number of para-hydroxylation sites is 1. The van der Waals surface area contributed by atoms with Gasteiger partial charge in [-0.25, -0.2) is 0 Å². The second kappa shape index (κ2) is 8.87. The fraction of sp³-hybridized carbons (Fsp3) is 0.364. The van der Waals surface area contributed by atoms with Gasteiger partial charge in [-0.1, -0.05) is 36.4 Å². The number of nitrogens with zero attached hydrogens (tertiary/aromatic N) is 2. The van der Waals surface area contributed by atoms with Crippen LogP contribution < -0.4 is 5.32 Å². The van der Waals surface area contributed by atoms with Crippen LogP contribution in [0.1, 0.15) is 23.6 Å². The van der Waals surface area contributed by atoms with Crippen molar-refractivity contribution in [2.75, 3.05) is 25.5 Å². The quantitative estimate of drug-likeness (QED) is 0.807. The third-order valence-corrected chi connectivity index (χ3v) is 5.36. The third-order valence-electron chi connectivity index (χ3n) is 5.36. The molecule has 5 nitrogen and oxygen atoms in total. The molecule has 0 fully saturated rings. The van der Waals surface area contributed by atoms with Crippen molar-refractivity contribution in [3.8, 4) is 0 Å². The van der Waals surface area contributed by atoms with Gasteiger partial charge < -0.3 is 10.2 Å². The Morgan fingerprint density at radius 1 is 1.10 bits per heavy atom. The number of anilines is 1. The molecular weight excluding hydrogens is 395 g/mol. The average molecular weight is 419 g/mol. The number of hydrogen-bond acceptors (Lipinski definition) is 3. The van der Waals surface area contributed by atoms with Gasteiger partial charge in [0, 0.05) is 13.1 Å². The molecule has 30 heavy (non-hydrogen) atoms. The fourth-order valence-electron chi connectivity index (χ4n) is 3.53. The zero-order valence-electron chi connectivity index (χ0n) is 16.9. The van der Waals surface area contributed by atoms with Gasteiger partial charge in [0.15, 0.2) is 0 Å². The van der Waals surface area contributed by atoms with Crippen LogP contribution in [0.15, 0.2) is 48.5 Å². The van der Waals surface area contributed by atoms with E-state index in [-0.39, 0.29) is 18.1 Å². The van der Waals surface area contributed by atoms with E-state index >= 15 is 0 Å². The van der Waals surface area contributed by atoms with Gasteiger partial charge in [0.25, 0.3) is 0 Å². The Kier molecular flexibility index (Phi) is 6.45. The maximum Gasteiger partial charge on any atom is 0.418 e. The van der Waals surface area contributed by atoms with Gasteiger partial charge in [-0.2, -0.15) is 13.2 Å². The highest BCUT2D eigenvalue weighted by Crippen LogP contribution is 2.34. The predicted molar refractivity (Wildman–Crippen MR) is 108 cm³/mol. The summed E-state index contributed by atoms with van der Waals surface area (Å²) < 4.78 is 39.3. The van der Waals surface area contributed by atoms with E-state index in [0.717, 1.165) is 18.1 Å². The van der Waals surface area contributed by atoms with Gasteiger partial charge in [-0.15, -0.1) is 0 Å². The van der Waals surface area contributed by atoms with E-state index < -0.39 is 23.7 Å². The molecule has 0 radical (unpaired) electrons. The molecule has 0 bridgehead atoms. The monoisotopic (exact) mass is 419 g/mol. The molecule has 1 atom stereocenters. The van der Waals surface area contributed by atoms with Crippen LogP contribution in [0.5, 0.6) is 0 Å². The zero-order valence-corrected chi connectivity index (χ0v) is 16.9. The molecular formula is C22H24F3N3O2. The smallest absolute Gasteiger partial charge is 0.337 e. The van der Waals surface area contributed by atoms with Crippen molar-refractivity contribution in [2.24, 2.45) is 0 Å². The number of hydrogen-bond donors (Lipinski definition) is 1. The number of carbonyl (C=O) groups excluding carboxylic acids is 2. The predicted octanol–water partition coefficient (Wildman–Crippen LogP) is 3.55. The van der Waals surface area contributed by atoms with Crippen LogP contribution in [0.4, 0.5) is 18.9 Å². The molecule has 1 heterocycles. The number of rotatable bonds is 5. The van der Waals surface area contributed by atoms with Crippen molar-refractivity contribution < 1.29 is 22.8 Å². The summed E-state index contributed by atoms with van der Waals surface area (Å²) in [6, 6.07) is 12.2. The summed E-state index contributed by atoms with van der Waals surface area (Å²) in [6.45, 7) is 2.60.